The van der Waals surface area contributed by atoms with Crippen molar-refractivity contribution in [3.05, 3.63) is 76.7 Å². The summed E-state index contributed by atoms with van der Waals surface area (Å²) in [6.45, 7) is 3.87. The molecule has 0 amide bonds. The molecule has 0 saturated heterocycles. The summed E-state index contributed by atoms with van der Waals surface area (Å²) in [5, 5.41) is 3.81. The zero-order chi connectivity index (χ0) is 17.1. The molecule has 0 atom stereocenters. The predicted octanol–water partition coefficient (Wildman–Crippen LogP) is 4.45. The lowest BCUT2D eigenvalue weighted by Gasteiger charge is -2.05. The van der Waals surface area contributed by atoms with E-state index in [2.05, 4.69) is 5.16 Å². The molecule has 0 aliphatic carbocycles. The van der Waals surface area contributed by atoms with E-state index in [4.69, 9.17) is 9.26 Å². The first-order valence-corrected chi connectivity index (χ1v) is 7.49. The summed E-state index contributed by atoms with van der Waals surface area (Å²) < 4.78 is 24.1. The molecule has 24 heavy (non-hydrogen) atoms. The third-order valence-electron chi connectivity index (χ3n) is 3.79. The largest absolute Gasteiger partial charge is 0.455 e. The smallest absolute Gasteiger partial charge is 0.338 e. The number of carbonyl (C=O) groups is 1. The first kappa shape index (κ1) is 15.9. The van der Waals surface area contributed by atoms with Crippen LogP contribution in [0.1, 0.15) is 27.2 Å². The van der Waals surface area contributed by atoms with Crippen LogP contribution in [0.15, 0.2) is 53.1 Å². The lowest BCUT2D eigenvalue weighted by Crippen LogP contribution is -2.06. The van der Waals surface area contributed by atoms with E-state index in [1.165, 1.54) is 6.07 Å². The van der Waals surface area contributed by atoms with Crippen LogP contribution < -0.4 is 0 Å². The van der Waals surface area contributed by atoms with Crippen LogP contribution >= 0.6 is 0 Å². The summed E-state index contributed by atoms with van der Waals surface area (Å²) in [7, 11) is 0. The van der Waals surface area contributed by atoms with Gasteiger partial charge in [0.2, 0.25) is 0 Å². The Morgan fingerprint density at radius 2 is 1.92 bits per heavy atom. The predicted molar refractivity (Wildman–Crippen MR) is 86.9 cm³/mol. The second-order valence-electron chi connectivity index (χ2n) is 5.54. The number of aromatic nitrogens is 1. The molecule has 122 valence electrons. The average Bonchev–Trinajstić information content (AvgIpc) is 3.04. The summed E-state index contributed by atoms with van der Waals surface area (Å²) in [5.41, 5.74) is 3.35. The molecule has 0 radical (unpaired) electrons. The molecule has 4 nitrogen and oxygen atoms in total. The fourth-order valence-corrected chi connectivity index (χ4v) is 2.26. The normalized spacial score (nSPS) is 10.6. The van der Waals surface area contributed by atoms with Crippen LogP contribution in [-0.4, -0.2) is 11.1 Å². The Hall–Kier alpha value is -2.95. The van der Waals surface area contributed by atoms with E-state index in [1.807, 2.05) is 19.9 Å². The second-order valence-corrected chi connectivity index (χ2v) is 5.54. The van der Waals surface area contributed by atoms with E-state index >= 15 is 0 Å². The summed E-state index contributed by atoms with van der Waals surface area (Å²) in [6.07, 6.45) is 0. The van der Waals surface area contributed by atoms with E-state index in [0.717, 1.165) is 11.1 Å². The molecule has 3 aromatic rings. The van der Waals surface area contributed by atoms with E-state index in [9.17, 15) is 9.18 Å². The maximum Gasteiger partial charge on any atom is 0.338 e. The molecule has 0 bridgehead atoms. The Morgan fingerprint density at radius 1 is 1.12 bits per heavy atom. The molecule has 1 aromatic heterocycles. The van der Waals surface area contributed by atoms with Crippen LogP contribution in [0.25, 0.3) is 11.3 Å². The van der Waals surface area contributed by atoms with Crippen molar-refractivity contribution in [1.82, 2.24) is 5.16 Å². The Kier molecular flexibility index (Phi) is 4.42. The number of ether oxygens (including phenoxy) is 1. The molecule has 0 aliphatic heterocycles. The SMILES string of the molecule is Cc1ccc(C(=O)OCc2cc(-c3ccccc3F)on2)cc1C. The van der Waals surface area contributed by atoms with Gasteiger partial charge < -0.3 is 9.26 Å². The summed E-state index contributed by atoms with van der Waals surface area (Å²) in [4.78, 5) is 12.1. The monoisotopic (exact) mass is 325 g/mol. The van der Waals surface area contributed by atoms with Gasteiger partial charge in [0.1, 0.15) is 18.1 Å². The highest BCUT2D eigenvalue weighted by Crippen LogP contribution is 2.23. The molecular formula is C19H16FNO3. The molecule has 5 heteroatoms. The highest BCUT2D eigenvalue weighted by atomic mass is 19.1. The van der Waals surface area contributed by atoms with Crippen LogP contribution in [-0.2, 0) is 11.3 Å². The highest BCUT2D eigenvalue weighted by Gasteiger charge is 2.13. The highest BCUT2D eigenvalue weighted by molar-refractivity contribution is 5.89. The van der Waals surface area contributed by atoms with Gasteiger partial charge in [0, 0.05) is 6.07 Å². The van der Waals surface area contributed by atoms with Gasteiger partial charge in [-0.2, -0.15) is 0 Å². The van der Waals surface area contributed by atoms with Crippen LogP contribution in [0.2, 0.25) is 0 Å². The number of benzene rings is 2. The zero-order valence-electron chi connectivity index (χ0n) is 13.4. The van der Waals surface area contributed by atoms with Crippen LogP contribution in [0.5, 0.6) is 0 Å². The fourth-order valence-electron chi connectivity index (χ4n) is 2.26. The van der Waals surface area contributed by atoms with Gasteiger partial charge in [-0.1, -0.05) is 23.4 Å². The molecule has 0 fully saturated rings. The molecule has 0 N–H and O–H groups in total. The van der Waals surface area contributed by atoms with Crippen molar-refractivity contribution < 1.29 is 18.4 Å². The van der Waals surface area contributed by atoms with Gasteiger partial charge in [-0.3, -0.25) is 0 Å². The van der Waals surface area contributed by atoms with Crippen molar-refractivity contribution in [2.45, 2.75) is 20.5 Å². The average molecular weight is 325 g/mol. The maximum absolute atomic E-state index is 13.7. The maximum atomic E-state index is 13.7. The van der Waals surface area contributed by atoms with Gasteiger partial charge in [0.15, 0.2) is 5.76 Å². The Balaban J connectivity index is 1.68. The van der Waals surface area contributed by atoms with Crippen molar-refractivity contribution in [1.29, 1.82) is 0 Å². The van der Waals surface area contributed by atoms with Crippen LogP contribution in [0, 0.1) is 19.7 Å². The minimum absolute atomic E-state index is 0.0380. The van der Waals surface area contributed by atoms with Crippen molar-refractivity contribution >= 4 is 5.97 Å². The number of nitrogens with zero attached hydrogens (tertiary/aromatic N) is 1. The lowest BCUT2D eigenvalue weighted by molar-refractivity contribution is 0.0464. The second kappa shape index (κ2) is 6.66. The minimum Gasteiger partial charge on any atom is -0.455 e. The minimum atomic E-state index is -0.437. The molecule has 0 saturated carbocycles. The van der Waals surface area contributed by atoms with Crippen molar-refractivity contribution in [3.63, 3.8) is 0 Å². The van der Waals surface area contributed by atoms with Gasteiger partial charge in [-0.25, -0.2) is 9.18 Å². The number of hydrogen-bond acceptors (Lipinski definition) is 4. The topological polar surface area (TPSA) is 52.3 Å². The summed E-state index contributed by atoms with van der Waals surface area (Å²) in [5.74, 6) is -0.536. The van der Waals surface area contributed by atoms with Crippen LogP contribution in [0.4, 0.5) is 4.39 Å². The van der Waals surface area contributed by atoms with Crippen molar-refractivity contribution in [2.75, 3.05) is 0 Å². The van der Waals surface area contributed by atoms with Crippen molar-refractivity contribution in [2.24, 2.45) is 0 Å². The molecule has 2 aromatic carbocycles. The number of carbonyl (C=O) groups excluding carboxylic acids is 1. The van der Waals surface area contributed by atoms with Gasteiger partial charge in [-0.05, 0) is 49.2 Å². The number of rotatable bonds is 4. The first-order chi connectivity index (χ1) is 11.5. The number of aryl methyl sites for hydroxylation is 2. The molecular weight excluding hydrogens is 309 g/mol. The number of esters is 1. The Morgan fingerprint density at radius 3 is 2.67 bits per heavy atom. The van der Waals surface area contributed by atoms with E-state index in [1.54, 1.807) is 36.4 Å². The van der Waals surface area contributed by atoms with Gasteiger partial charge in [0.05, 0.1) is 11.1 Å². The number of halogens is 1. The fraction of sp³-hybridized carbons (Fsp3) is 0.158. The van der Waals surface area contributed by atoms with E-state index in [0.29, 0.717) is 22.6 Å². The summed E-state index contributed by atoms with van der Waals surface area (Å²) in [6, 6.07) is 13.2. The standard InChI is InChI=1S/C19H16FNO3/c1-12-7-8-14(9-13(12)2)19(22)23-11-15-10-18(24-21-15)16-5-3-4-6-17(16)20/h3-10H,11H2,1-2H3. The quantitative estimate of drug-likeness (QED) is 0.665. The third kappa shape index (κ3) is 3.35. The Bertz CT molecular complexity index is 886. The van der Waals surface area contributed by atoms with E-state index in [-0.39, 0.29) is 6.61 Å². The molecule has 0 aliphatic rings. The third-order valence-corrected chi connectivity index (χ3v) is 3.79. The van der Waals surface area contributed by atoms with Gasteiger partial charge >= 0.3 is 5.97 Å². The van der Waals surface area contributed by atoms with Gasteiger partial charge in [-0.15, -0.1) is 0 Å². The summed E-state index contributed by atoms with van der Waals surface area (Å²) >= 11 is 0. The first-order valence-electron chi connectivity index (χ1n) is 7.49. The molecule has 0 unspecified atom stereocenters. The molecule has 0 spiro atoms. The number of hydrogen-bond donors (Lipinski definition) is 0. The lowest BCUT2D eigenvalue weighted by atomic mass is 10.1. The molecule has 3 rings (SSSR count). The zero-order valence-corrected chi connectivity index (χ0v) is 13.4. The Labute approximate surface area is 138 Å². The van der Waals surface area contributed by atoms with Gasteiger partial charge in [0.25, 0.3) is 0 Å². The van der Waals surface area contributed by atoms with E-state index < -0.39 is 11.8 Å². The molecule has 1 heterocycles. The van der Waals surface area contributed by atoms with Crippen molar-refractivity contribution in [3.8, 4) is 11.3 Å². The van der Waals surface area contributed by atoms with Crippen LogP contribution in [0.3, 0.4) is 0 Å².